The maximum absolute atomic E-state index is 12.8. The number of carbonyl (C=O) groups excluding carboxylic acids is 1. The van der Waals surface area contributed by atoms with Crippen LogP contribution in [0.15, 0.2) is 22.7 Å². The van der Waals surface area contributed by atoms with Crippen LogP contribution >= 0.6 is 15.9 Å². The van der Waals surface area contributed by atoms with E-state index in [2.05, 4.69) is 26.6 Å². The third kappa shape index (κ3) is 4.81. The third-order valence-corrected chi connectivity index (χ3v) is 2.59. The summed E-state index contributed by atoms with van der Waals surface area (Å²) in [4.78, 5) is 21.3. The number of carboxylic acid groups (broad SMARTS) is 1. The normalized spacial score (nSPS) is 9.76. The molecule has 17 heavy (non-hydrogen) atoms. The van der Waals surface area contributed by atoms with Gasteiger partial charge in [-0.1, -0.05) is 22.0 Å². The van der Waals surface area contributed by atoms with Crippen LogP contribution in [0.1, 0.15) is 5.56 Å². The molecule has 5 nitrogen and oxygen atoms in total. The minimum Gasteiger partial charge on any atom is -0.480 e. The summed E-state index contributed by atoms with van der Waals surface area (Å²) in [6.07, 6.45) is 0. The Morgan fingerprint density at radius 1 is 1.35 bits per heavy atom. The molecule has 0 aliphatic heterocycles. The number of urea groups is 1. The van der Waals surface area contributed by atoms with Crippen molar-refractivity contribution in [3.8, 4) is 0 Å². The van der Waals surface area contributed by atoms with Gasteiger partial charge in [0.2, 0.25) is 0 Å². The van der Waals surface area contributed by atoms with E-state index in [-0.39, 0.29) is 12.4 Å². The van der Waals surface area contributed by atoms with Crippen LogP contribution in [0.4, 0.5) is 9.18 Å². The fourth-order valence-corrected chi connectivity index (χ4v) is 1.55. The Kier molecular flexibility index (Phi) is 4.89. The molecule has 0 aromatic heterocycles. The molecule has 0 aliphatic rings. The fraction of sp³-hybridized carbons (Fsp3) is 0.200. The monoisotopic (exact) mass is 304 g/mol. The van der Waals surface area contributed by atoms with E-state index in [1.165, 1.54) is 18.2 Å². The zero-order valence-electron chi connectivity index (χ0n) is 8.67. The predicted octanol–water partition coefficient (Wildman–Crippen LogP) is 1.47. The number of carbonyl (C=O) groups is 2. The molecule has 0 radical (unpaired) electrons. The van der Waals surface area contributed by atoms with Crippen LogP contribution in [0.3, 0.4) is 0 Å². The molecular formula is C10H10BrFN2O3. The summed E-state index contributed by atoms with van der Waals surface area (Å²) < 4.78 is 13.3. The van der Waals surface area contributed by atoms with Crippen LogP contribution in [0.2, 0.25) is 0 Å². The second kappa shape index (κ2) is 6.19. The average Bonchev–Trinajstić information content (AvgIpc) is 2.25. The molecule has 0 saturated heterocycles. The van der Waals surface area contributed by atoms with Crippen LogP contribution in [-0.4, -0.2) is 23.7 Å². The highest BCUT2D eigenvalue weighted by Crippen LogP contribution is 2.17. The smallest absolute Gasteiger partial charge is 0.323 e. The highest BCUT2D eigenvalue weighted by Gasteiger charge is 2.05. The van der Waals surface area contributed by atoms with Crippen molar-refractivity contribution >= 4 is 27.9 Å². The van der Waals surface area contributed by atoms with Gasteiger partial charge in [-0.05, 0) is 17.7 Å². The molecule has 1 rings (SSSR count). The maximum atomic E-state index is 12.8. The lowest BCUT2D eigenvalue weighted by Gasteiger charge is -2.07. The Hall–Kier alpha value is -1.63. The van der Waals surface area contributed by atoms with Crippen molar-refractivity contribution in [3.63, 3.8) is 0 Å². The van der Waals surface area contributed by atoms with E-state index in [4.69, 9.17) is 5.11 Å². The molecule has 0 bridgehead atoms. The second-order valence-corrected chi connectivity index (χ2v) is 4.02. The minimum atomic E-state index is -1.12. The van der Waals surface area contributed by atoms with Crippen molar-refractivity contribution in [3.05, 3.63) is 34.1 Å². The first kappa shape index (κ1) is 13.4. The Balaban J connectivity index is 2.44. The Morgan fingerprint density at radius 3 is 2.65 bits per heavy atom. The number of hydrogen-bond acceptors (Lipinski definition) is 2. The van der Waals surface area contributed by atoms with Gasteiger partial charge >= 0.3 is 12.0 Å². The van der Waals surface area contributed by atoms with Gasteiger partial charge in [0.05, 0.1) is 0 Å². The van der Waals surface area contributed by atoms with Gasteiger partial charge in [-0.3, -0.25) is 4.79 Å². The Labute approximate surface area is 105 Å². The lowest BCUT2D eigenvalue weighted by molar-refractivity contribution is -0.135. The highest BCUT2D eigenvalue weighted by molar-refractivity contribution is 9.10. The van der Waals surface area contributed by atoms with Crippen LogP contribution < -0.4 is 10.6 Å². The molecule has 1 aromatic rings. The summed E-state index contributed by atoms with van der Waals surface area (Å²) in [6, 6.07) is 3.49. The molecule has 0 aliphatic carbocycles. The molecule has 1 aromatic carbocycles. The first-order chi connectivity index (χ1) is 7.99. The van der Waals surface area contributed by atoms with Gasteiger partial charge in [0.1, 0.15) is 12.4 Å². The van der Waals surface area contributed by atoms with E-state index in [0.717, 1.165) is 0 Å². The molecular weight excluding hydrogens is 295 g/mol. The van der Waals surface area contributed by atoms with E-state index in [9.17, 15) is 14.0 Å². The third-order valence-electron chi connectivity index (χ3n) is 1.85. The van der Waals surface area contributed by atoms with Gasteiger partial charge in [-0.2, -0.15) is 0 Å². The van der Waals surface area contributed by atoms with Crippen molar-refractivity contribution in [2.45, 2.75) is 6.54 Å². The predicted molar refractivity (Wildman–Crippen MR) is 62.0 cm³/mol. The minimum absolute atomic E-state index is 0.173. The molecule has 92 valence electrons. The van der Waals surface area contributed by atoms with Gasteiger partial charge in [-0.25, -0.2) is 9.18 Å². The Morgan fingerprint density at radius 2 is 2.06 bits per heavy atom. The molecule has 7 heteroatoms. The van der Waals surface area contributed by atoms with Gasteiger partial charge in [0, 0.05) is 11.0 Å². The standard InChI is InChI=1S/C10H10BrFN2O3/c11-8-3-7(12)2-1-6(8)4-13-10(17)14-5-9(15)16/h1-3H,4-5H2,(H,15,16)(H2,13,14,17). The molecule has 2 amide bonds. The van der Waals surface area contributed by atoms with E-state index < -0.39 is 18.5 Å². The number of nitrogens with one attached hydrogen (secondary N) is 2. The van der Waals surface area contributed by atoms with Crippen molar-refractivity contribution in [1.82, 2.24) is 10.6 Å². The zero-order chi connectivity index (χ0) is 12.8. The number of benzene rings is 1. The quantitative estimate of drug-likeness (QED) is 0.788. The van der Waals surface area contributed by atoms with Crippen LogP contribution in [0, 0.1) is 5.82 Å². The summed E-state index contributed by atoms with van der Waals surface area (Å²) in [5.74, 6) is -1.50. The summed E-state index contributed by atoms with van der Waals surface area (Å²) in [5.41, 5.74) is 0.692. The molecule has 3 N–H and O–H groups in total. The van der Waals surface area contributed by atoms with E-state index in [0.29, 0.717) is 10.0 Å². The first-order valence-corrected chi connectivity index (χ1v) is 5.46. The Bertz CT molecular complexity index is 440. The number of halogens is 2. The lowest BCUT2D eigenvalue weighted by atomic mass is 10.2. The van der Waals surface area contributed by atoms with Crippen molar-refractivity contribution < 1.29 is 19.1 Å². The summed E-state index contributed by atoms with van der Waals surface area (Å²) in [7, 11) is 0. The van der Waals surface area contributed by atoms with Crippen molar-refractivity contribution in [2.75, 3.05) is 6.54 Å². The summed E-state index contributed by atoms with van der Waals surface area (Å²) in [5, 5.41) is 12.9. The van der Waals surface area contributed by atoms with Gasteiger partial charge in [0.15, 0.2) is 0 Å². The van der Waals surface area contributed by atoms with Crippen LogP contribution in [0.5, 0.6) is 0 Å². The van der Waals surface area contributed by atoms with E-state index in [1.54, 1.807) is 0 Å². The largest absolute Gasteiger partial charge is 0.480 e. The zero-order valence-corrected chi connectivity index (χ0v) is 10.3. The number of aliphatic carboxylic acids is 1. The van der Waals surface area contributed by atoms with E-state index in [1.807, 2.05) is 0 Å². The van der Waals surface area contributed by atoms with Gasteiger partial charge in [0.25, 0.3) is 0 Å². The van der Waals surface area contributed by atoms with Gasteiger partial charge in [-0.15, -0.1) is 0 Å². The number of amides is 2. The second-order valence-electron chi connectivity index (χ2n) is 3.17. The molecule has 0 atom stereocenters. The molecule has 0 fully saturated rings. The SMILES string of the molecule is O=C(O)CNC(=O)NCc1ccc(F)cc1Br. The molecule has 0 saturated carbocycles. The average molecular weight is 305 g/mol. The number of hydrogen-bond donors (Lipinski definition) is 3. The first-order valence-electron chi connectivity index (χ1n) is 4.66. The maximum Gasteiger partial charge on any atom is 0.323 e. The van der Waals surface area contributed by atoms with Crippen molar-refractivity contribution in [1.29, 1.82) is 0 Å². The van der Waals surface area contributed by atoms with Crippen LogP contribution in [0.25, 0.3) is 0 Å². The van der Waals surface area contributed by atoms with E-state index >= 15 is 0 Å². The van der Waals surface area contributed by atoms with Crippen molar-refractivity contribution in [2.24, 2.45) is 0 Å². The van der Waals surface area contributed by atoms with Gasteiger partial charge < -0.3 is 15.7 Å². The lowest BCUT2D eigenvalue weighted by Crippen LogP contribution is -2.38. The van der Waals surface area contributed by atoms with Crippen LogP contribution in [-0.2, 0) is 11.3 Å². The number of rotatable bonds is 4. The highest BCUT2D eigenvalue weighted by atomic mass is 79.9. The topological polar surface area (TPSA) is 78.4 Å². The summed E-state index contributed by atoms with van der Waals surface area (Å²) in [6.45, 7) is -0.275. The molecule has 0 heterocycles. The summed E-state index contributed by atoms with van der Waals surface area (Å²) >= 11 is 3.15. The fourth-order valence-electron chi connectivity index (χ4n) is 1.06. The number of carboxylic acids is 1. The molecule has 0 unspecified atom stereocenters. The molecule has 0 spiro atoms.